The molecule has 1 aliphatic carbocycles. The zero-order chi connectivity index (χ0) is 14.0. The molecule has 19 heavy (non-hydrogen) atoms. The van der Waals surface area contributed by atoms with E-state index in [2.05, 4.69) is 10.3 Å². The van der Waals surface area contributed by atoms with Crippen molar-refractivity contribution in [1.29, 1.82) is 0 Å². The molecule has 1 heterocycles. The molecule has 0 aliphatic heterocycles. The van der Waals surface area contributed by atoms with Crippen molar-refractivity contribution in [3.8, 4) is 0 Å². The van der Waals surface area contributed by atoms with Crippen LogP contribution in [0.1, 0.15) is 24.8 Å². The zero-order valence-corrected chi connectivity index (χ0v) is 11.5. The van der Waals surface area contributed by atoms with Crippen molar-refractivity contribution in [2.75, 3.05) is 11.9 Å². The van der Waals surface area contributed by atoms with Crippen molar-refractivity contribution in [1.82, 2.24) is 4.98 Å². The van der Waals surface area contributed by atoms with Gasteiger partial charge >= 0.3 is 6.18 Å². The number of nitrogens with one attached hydrogen (secondary N) is 1. The van der Waals surface area contributed by atoms with E-state index in [1.807, 2.05) is 0 Å². The summed E-state index contributed by atoms with van der Waals surface area (Å²) >= 11 is 11.9. The second-order valence-corrected chi connectivity index (χ2v) is 5.61. The van der Waals surface area contributed by atoms with Crippen LogP contribution in [0.5, 0.6) is 0 Å². The minimum absolute atomic E-state index is 0.0288. The summed E-state index contributed by atoms with van der Waals surface area (Å²) in [6.45, 7) is 0.576. The van der Waals surface area contributed by atoms with E-state index in [1.54, 1.807) is 0 Å². The van der Waals surface area contributed by atoms with Gasteiger partial charge in [-0.05, 0) is 24.8 Å². The van der Waals surface area contributed by atoms with Crippen molar-refractivity contribution in [2.24, 2.45) is 5.92 Å². The van der Waals surface area contributed by atoms with E-state index in [0.29, 0.717) is 12.5 Å². The highest BCUT2D eigenvalue weighted by molar-refractivity contribution is 6.33. The second-order valence-electron chi connectivity index (χ2n) is 4.64. The van der Waals surface area contributed by atoms with Gasteiger partial charge in [0.1, 0.15) is 5.82 Å². The lowest BCUT2D eigenvalue weighted by atomic mass is 10.1. The minimum Gasteiger partial charge on any atom is -0.369 e. The molecule has 1 fully saturated rings. The molecular weight excluding hydrogens is 300 g/mol. The summed E-state index contributed by atoms with van der Waals surface area (Å²) in [5.41, 5.74) is -0.848. The van der Waals surface area contributed by atoms with Crippen molar-refractivity contribution in [3.05, 3.63) is 22.8 Å². The summed E-state index contributed by atoms with van der Waals surface area (Å²) in [6, 6.07) is 0.879. The third kappa shape index (κ3) is 3.66. The highest BCUT2D eigenvalue weighted by Crippen LogP contribution is 2.33. The monoisotopic (exact) mass is 312 g/mol. The number of anilines is 1. The van der Waals surface area contributed by atoms with E-state index in [4.69, 9.17) is 23.2 Å². The molecule has 1 aromatic heterocycles. The first-order chi connectivity index (χ1) is 8.88. The van der Waals surface area contributed by atoms with Crippen LogP contribution in [0.4, 0.5) is 19.0 Å². The fraction of sp³-hybridized carbons (Fsp3) is 0.583. The molecule has 0 amide bonds. The molecule has 1 aromatic rings. The van der Waals surface area contributed by atoms with Gasteiger partial charge in [0.25, 0.3) is 0 Å². The van der Waals surface area contributed by atoms with Gasteiger partial charge < -0.3 is 5.32 Å². The van der Waals surface area contributed by atoms with Gasteiger partial charge in [0.2, 0.25) is 0 Å². The van der Waals surface area contributed by atoms with Gasteiger partial charge in [-0.25, -0.2) is 4.98 Å². The van der Waals surface area contributed by atoms with Crippen LogP contribution in [0.3, 0.4) is 0 Å². The van der Waals surface area contributed by atoms with Crippen LogP contribution in [0.2, 0.25) is 5.02 Å². The van der Waals surface area contributed by atoms with Crippen molar-refractivity contribution >= 4 is 29.0 Å². The fourth-order valence-corrected chi connectivity index (χ4v) is 2.77. The average molecular weight is 313 g/mol. The van der Waals surface area contributed by atoms with Crippen LogP contribution in [0.15, 0.2) is 12.3 Å². The van der Waals surface area contributed by atoms with Gasteiger partial charge in [-0.1, -0.05) is 18.0 Å². The summed E-state index contributed by atoms with van der Waals surface area (Å²) in [5, 5.41) is 3.05. The number of alkyl halides is 4. The first-order valence-corrected chi connectivity index (χ1v) is 6.80. The number of hydrogen-bond donors (Lipinski definition) is 1. The first kappa shape index (κ1) is 14.7. The van der Waals surface area contributed by atoms with Gasteiger partial charge in [-0.2, -0.15) is 13.2 Å². The van der Waals surface area contributed by atoms with Gasteiger partial charge in [0.15, 0.2) is 0 Å². The van der Waals surface area contributed by atoms with Crippen molar-refractivity contribution < 1.29 is 13.2 Å². The lowest BCUT2D eigenvalue weighted by Crippen LogP contribution is -2.19. The molecular formula is C12H13Cl2F3N2. The Morgan fingerprint density at radius 3 is 2.63 bits per heavy atom. The maximum absolute atomic E-state index is 12.4. The van der Waals surface area contributed by atoms with Crippen molar-refractivity contribution in [2.45, 2.75) is 30.8 Å². The Bertz CT molecular complexity index is 451. The van der Waals surface area contributed by atoms with E-state index >= 15 is 0 Å². The summed E-state index contributed by atoms with van der Waals surface area (Å²) < 4.78 is 37.3. The SMILES string of the molecule is FC(F)(F)c1cnc(NCC2CCCC2Cl)c(Cl)c1. The predicted molar refractivity (Wildman–Crippen MR) is 69.7 cm³/mol. The molecule has 0 spiro atoms. The Kier molecular flexibility index (Phi) is 4.46. The average Bonchev–Trinajstić information content (AvgIpc) is 2.72. The molecule has 106 valence electrons. The van der Waals surface area contributed by atoms with Gasteiger partial charge in [0, 0.05) is 18.1 Å². The minimum atomic E-state index is -4.43. The Balaban J connectivity index is 2.01. The number of aromatic nitrogens is 1. The van der Waals surface area contributed by atoms with E-state index in [0.717, 1.165) is 31.5 Å². The van der Waals surface area contributed by atoms with Gasteiger partial charge in [-0.3, -0.25) is 0 Å². The Labute approximate surface area is 119 Å². The van der Waals surface area contributed by atoms with Gasteiger partial charge in [-0.15, -0.1) is 11.6 Å². The normalized spacial score (nSPS) is 23.6. The van der Waals surface area contributed by atoms with Crippen LogP contribution >= 0.6 is 23.2 Å². The predicted octanol–water partition coefficient (Wildman–Crippen LogP) is 4.57. The van der Waals surface area contributed by atoms with Crippen LogP contribution in [-0.2, 0) is 6.18 Å². The highest BCUT2D eigenvalue weighted by Gasteiger charge is 2.31. The lowest BCUT2D eigenvalue weighted by Gasteiger charge is -2.16. The molecule has 1 aliphatic rings. The van der Waals surface area contributed by atoms with Crippen LogP contribution in [0.25, 0.3) is 0 Å². The quantitative estimate of drug-likeness (QED) is 0.827. The summed E-state index contributed by atoms with van der Waals surface area (Å²) in [6.07, 6.45) is -0.584. The standard InChI is InChI=1S/C12H13Cl2F3N2/c13-9-3-1-2-7(9)5-18-11-10(14)4-8(6-19-11)12(15,16)17/h4,6-7,9H,1-3,5H2,(H,18,19). The summed E-state index contributed by atoms with van der Waals surface area (Å²) in [5.74, 6) is 0.576. The topological polar surface area (TPSA) is 24.9 Å². The summed E-state index contributed by atoms with van der Waals surface area (Å²) in [4.78, 5) is 3.72. The molecule has 2 unspecified atom stereocenters. The molecule has 0 aromatic carbocycles. The molecule has 0 bridgehead atoms. The number of rotatable bonds is 3. The largest absolute Gasteiger partial charge is 0.417 e. The van der Waals surface area contributed by atoms with Gasteiger partial charge in [0.05, 0.1) is 10.6 Å². The van der Waals surface area contributed by atoms with Crippen molar-refractivity contribution in [3.63, 3.8) is 0 Å². The van der Waals surface area contributed by atoms with Crippen LogP contribution in [-0.4, -0.2) is 16.9 Å². The number of hydrogen-bond acceptors (Lipinski definition) is 2. The molecule has 1 N–H and O–H groups in total. The van der Waals surface area contributed by atoms with E-state index < -0.39 is 11.7 Å². The Morgan fingerprint density at radius 1 is 1.37 bits per heavy atom. The molecule has 2 rings (SSSR count). The number of halogens is 5. The lowest BCUT2D eigenvalue weighted by molar-refractivity contribution is -0.137. The fourth-order valence-electron chi connectivity index (χ4n) is 2.17. The third-order valence-electron chi connectivity index (χ3n) is 3.27. The second kappa shape index (κ2) is 5.75. The third-order valence-corrected chi connectivity index (χ3v) is 4.13. The van der Waals surface area contributed by atoms with E-state index in [1.165, 1.54) is 0 Å². The molecule has 2 nitrogen and oxygen atoms in total. The molecule has 1 saturated carbocycles. The maximum atomic E-state index is 12.4. The number of nitrogens with zero attached hydrogens (tertiary/aromatic N) is 1. The summed E-state index contributed by atoms with van der Waals surface area (Å²) in [7, 11) is 0. The number of pyridine rings is 1. The Morgan fingerprint density at radius 2 is 2.11 bits per heavy atom. The maximum Gasteiger partial charge on any atom is 0.417 e. The van der Waals surface area contributed by atoms with Crippen LogP contribution < -0.4 is 5.32 Å². The molecule has 7 heteroatoms. The van der Waals surface area contributed by atoms with Crippen LogP contribution in [0, 0.1) is 5.92 Å². The Hall–Kier alpha value is -0.680. The smallest absolute Gasteiger partial charge is 0.369 e. The highest BCUT2D eigenvalue weighted by atomic mass is 35.5. The first-order valence-electron chi connectivity index (χ1n) is 5.98. The molecule has 0 saturated heterocycles. The van der Waals surface area contributed by atoms with E-state index in [9.17, 15) is 13.2 Å². The molecule has 0 radical (unpaired) electrons. The molecule has 2 atom stereocenters. The van der Waals surface area contributed by atoms with E-state index in [-0.39, 0.29) is 16.2 Å². The zero-order valence-electron chi connectivity index (χ0n) is 9.97.